The summed E-state index contributed by atoms with van der Waals surface area (Å²) in [4.78, 5) is 35.0. The fourth-order valence-electron chi connectivity index (χ4n) is 4.98. The number of carbonyl (C=O) groups is 3. The third-order valence-corrected chi connectivity index (χ3v) is 9.22. The van der Waals surface area contributed by atoms with Gasteiger partial charge in [-0.25, -0.2) is 0 Å². The van der Waals surface area contributed by atoms with Crippen molar-refractivity contribution in [2.45, 2.75) is 110 Å². The van der Waals surface area contributed by atoms with Gasteiger partial charge in [-0.05, 0) is 61.1 Å². The van der Waals surface area contributed by atoms with Gasteiger partial charge in [-0.15, -0.1) is 0 Å². The van der Waals surface area contributed by atoms with Crippen molar-refractivity contribution in [3.63, 3.8) is 0 Å². The molecular weight excluding hydrogens is 464 g/mol. The van der Waals surface area contributed by atoms with Gasteiger partial charge < -0.3 is 18.0 Å². The molecule has 2 rings (SSSR count). The third kappa shape index (κ3) is 9.31. The Morgan fingerprint density at radius 2 is 1.54 bits per heavy atom. The quantitative estimate of drug-likeness (QED) is 0.225. The van der Waals surface area contributed by atoms with Gasteiger partial charge in [0, 0.05) is 20.8 Å². The van der Waals surface area contributed by atoms with Crippen molar-refractivity contribution in [2.24, 2.45) is 0 Å². The van der Waals surface area contributed by atoms with E-state index in [0.717, 1.165) is 18.6 Å². The summed E-state index contributed by atoms with van der Waals surface area (Å²) >= 11 is 0. The van der Waals surface area contributed by atoms with Gasteiger partial charge in [-0.3, -0.25) is 14.4 Å². The topological polar surface area (TPSA) is 88.1 Å². The first-order valence-corrected chi connectivity index (χ1v) is 15.0. The predicted molar refractivity (Wildman–Crippen MR) is 136 cm³/mol. The molecule has 0 radical (unpaired) electrons. The molecule has 196 valence electrons. The molecule has 35 heavy (non-hydrogen) atoms. The number of ether oxygens (including phenoxy) is 1. The minimum atomic E-state index is -3.84. The van der Waals surface area contributed by atoms with Gasteiger partial charge in [0.2, 0.25) is 0 Å². The van der Waals surface area contributed by atoms with Crippen LogP contribution in [0.25, 0.3) is 0 Å². The van der Waals surface area contributed by atoms with Gasteiger partial charge in [0.05, 0.1) is 12.7 Å². The van der Waals surface area contributed by atoms with Crippen molar-refractivity contribution in [3.8, 4) is 5.75 Å². The molecule has 0 aromatic heterocycles. The van der Waals surface area contributed by atoms with Crippen LogP contribution in [0.5, 0.6) is 5.75 Å². The van der Waals surface area contributed by atoms with Crippen LogP contribution in [0.15, 0.2) is 18.2 Å². The van der Waals surface area contributed by atoms with Gasteiger partial charge in [-0.2, -0.15) is 0 Å². The Kier molecular flexibility index (Phi) is 11.8. The van der Waals surface area contributed by atoms with Crippen molar-refractivity contribution in [3.05, 3.63) is 29.3 Å². The van der Waals surface area contributed by atoms with Gasteiger partial charge in [0.25, 0.3) is 17.9 Å². The average molecular weight is 507 g/mol. The molecule has 1 aliphatic carbocycles. The van der Waals surface area contributed by atoms with Crippen LogP contribution in [0, 0.1) is 0 Å². The van der Waals surface area contributed by atoms with E-state index in [1.165, 1.54) is 70.4 Å². The van der Waals surface area contributed by atoms with Crippen LogP contribution in [0.2, 0.25) is 6.04 Å². The van der Waals surface area contributed by atoms with Crippen molar-refractivity contribution in [1.29, 1.82) is 0 Å². The molecule has 0 heterocycles. The molecule has 1 atom stereocenters. The van der Waals surface area contributed by atoms with E-state index in [1.54, 1.807) is 0 Å². The molecule has 1 fully saturated rings. The Hall–Kier alpha value is -2.35. The third-order valence-electron chi connectivity index (χ3n) is 6.46. The molecule has 0 saturated heterocycles. The van der Waals surface area contributed by atoms with Gasteiger partial charge in [0.1, 0.15) is 5.75 Å². The van der Waals surface area contributed by atoms with Crippen molar-refractivity contribution >= 4 is 26.7 Å². The molecule has 0 aliphatic heterocycles. The van der Waals surface area contributed by atoms with E-state index in [4.69, 9.17) is 18.0 Å². The lowest BCUT2D eigenvalue weighted by Gasteiger charge is -2.27. The summed E-state index contributed by atoms with van der Waals surface area (Å²) in [6.07, 6.45) is 9.97. The molecule has 1 aromatic rings. The number of hydrogen-bond acceptors (Lipinski definition) is 7. The Balaban J connectivity index is 2.17. The lowest BCUT2D eigenvalue weighted by molar-refractivity contribution is -0.147. The Morgan fingerprint density at radius 3 is 2.06 bits per heavy atom. The van der Waals surface area contributed by atoms with E-state index < -0.39 is 26.7 Å². The van der Waals surface area contributed by atoms with Crippen LogP contribution >= 0.6 is 0 Å². The van der Waals surface area contributed by atoms with E-state index >= 15 is 0 Å². The van der Waals surface area contributed by atoms with Crippen molar-refractivity contribution < 1.29 is 32.4 Å². The lowest BCUT2D eigenvalue weighted by Crippen LogP contribution is -2.49. The standard InChI is InChI=1S/C27H42O7Si/c1-6-12-23(7-2)25-15-16-27(26(19-25)24-13-9-8-10-14-24)31-17-11-18-35(32-20(3)28,33-21(4)29)34-22(5)30/h15-16,19,23-24H,6-14,17-18H2,1-5H3. The molecule has 1 aromatic carbocycles. The summed E-state index contributed by atoms with van der Waals surface area (Å²) in [6.45, 7) is 8.40. The zero-order valence-electron chi connectivity index (χ0n) is 22.0. The summed E-state index contributed by atoms with van der Waals surface area (Å²) in [5.74, 6) is -0.0474. The molecule has 0 bridgehead atoms. The monoisotopic (exact) mass is 506 g/mol. The smallest absolute Gasteiger partial charge is 0.493 e. The van der Waals surface area contributed by atoms with E-state index in [1.807, 2.05) is 0 Å². The molecule has 0 amide bonds. The van der Waals surface area contributed by atoms with Crippen molar-refractivity contribution in [2.75, 3.05) is 6.61 Å². The molecule has 0 N–H and O–H groups in total. The second-order valence-corrected chi connectivity index (χ2v) is 11.9. The first-order valence-electron chi connectivity index (χ1n) is 13.0. The van der Waals surface area contributed by atoms with Crippen LogP contribution in [-0.2, 0) is 27.7 Å². The average Bonchev–Trinajstić information content (AvgIpc) is 2.79. The maximum absolute atomic E-state index is 11.7. The highest BCUT2D eigenvalue weighted by molar-refractivity contribution is 6.65. The van der Waals surface area contributed by atoms with Crippen LogP contribution < -0.4 is 4.74 Å². The second-order valence-electron chi connectivity index (χ2n) is 9.44. The first-order chi connectivity index (χ1) is 16.7. The number of carbonyl (C=O) groups excluding carboxylic acids is 3. The van der Waals surface area contributed by atoms with Crippen LogP contribution in [-0.4, -0.2) is 33.3 Å². The maximum atomic E-state index is 11.7. The van der Waals surface area contributed by atoms with E-state index in [9.17, 15) is 14.4 Å². The predicted octanol–water partition coefficient (Wildman–Crippen LogP) is 6.43. The van der Waals surface area contributed by atoms with Gasteiger partial charge in [0.15, 0.2) is 0 Å². The summed E-state index contributed by atoms with van der Waals surface area (Å²) in [6, 6.07) is 6.73. The Morgan fingerprint density at radius 1 is 0.943 bits per heavy atom. The zero-order chi connectivity index (χ0) is 25.8. The molecule has 1 saturated carbocycles. The SMILES string of the molecule is CCCC(CC)c1ccc(OCCC[Si](OC(C)=O)(OC(C)=O)OC(C)=O)c(C2CCCCC2)c1. The van der Waals surface area contributed by atoms with E-state index in [0.29, 0.717) is 24.9 Å². The molecule has 8 heteroatoms. The van der Waals surface area contributed by atoms with Crippen LogP contribution in [0.4, 0.5) is 0 Å². The maximum Gasteiger partial charge on any atom is 0.705 e. The van der Waals surface area contributed by atoms with E-state index in [-0.39, 0.29) is 6.04 Å². The highest BCUT2D eigenvalue weighted by atomic mass is 28.4. The minimum Gasteiger partial charge on any atom is -0.493 e. The lowest BCUT2D eigenvalue weighted by atomic mass is 9.81. The van der Waals surface area contributed by atoms with Crippen LogP contribution in [0.1, 0.15) is 115 Å². The second kappa shape index (κ2) is 14.3. The number of benzene rings is 1. The first kappa shape index (κ1) is 28.9. The zero-order valence-corrected chi connectivity index (χ0v) is 23.0. The van der Waals surface area contributed by atoms with E-state index in [2.05, 4.69) is 32.0 Å². The molecule has 1 unspecified atom stereocenters. The summed E-state index contributed by atoms with van der Waals surface area (Å²) < 4.78 is 22.0. The highest BCUT2D eigenvalue weighted by Crippen LogP contribution is 2.40. The number of rotatable bonds is 13. The van der Waals surface area contributed by atoms with Gasteiger partial charge in [-0.1, -0.05) is 51.7 Å². The molecular formula is C27H42O7Si. The summed E-state index contributed by atoms with van der Waals surface area (Å²) in [5, 5.41) is 0. The normalized spacial score (nSPS) is 15.2. The van der Waals surface area contributed by atoms with Crippen LogP contribution in [0.3, 0.4) is 0 Å². The fraction of sp³-hybridized carbons (Fsp3) is 0.667. The molecule has 1 aliphatic rings. The highest BCUT2D eigenvalue weighted by Gasteiger charge is 2.51. The Bertz CT molecular complexity index is 807. The largest absolute Gasteiger partial charge is 0.705 e. The summed E-state index contributed by atoms with van der Waals surface area (Å²) in [5.41, 5.74) is 2.66. The van der Waals surface area contributed by atoms with Gasteiger partial charge >= 0.3 is 8.80 Å². The Labute approximate surface area is 211 Å². The fourth-order valence-corrected chi connectivity index (χ4v) is 7.31. The van der Waals surface area contributed by atoms with Crippen molar-refractivity contribution in [1.82, 2.24) is 0 Å². The summed E-state index contributed by atoms with van der Waals surface area (Å²) in [7, 11) is -3.84. The number of hydrogen-bond donors (Lipinski definition) is 0. The minimum absolute atomic E-state index is 0.108. The molecule has 7 nitrogen and oxygen atoms in total. The molecule has 0 spiro atoms.